The molecule has 142 valence electrons. The molecule has 0 aliphatic rings. The van der Waals surface area contributed by atoms with Gasteiger partial charge in [0.15, 0.2) is 0 Å². The van der Waals surface area contributed by atoms with Crippen LogP contribution in [-0.2, 0) is 4.43 Å². The summed E-state index contributed by atoms with van der Waals surface area (Å²) in [6.45, 7) is 8.90. The molecule has 0 radical (unpaired) electrons. The van der Waals surface area contributed by atoms with Crippen molar-refractivity contribution in [2.45, 2.75) is 57.8 Å². The first-order valence-corrected chi connectivity index (χ1v) is 11.3. The highest BCUT2D eigenvalue weighted by Crippen LogP contribution is 2.36. The van der Waals surface area contributed by atoms with Gasteiger partial charge in [-0.05, 0) is 35.2 Å². The van der Waals surface area contributed by atoms with Crippen LogP contribution in [0, 0.1) is 0 Å². The third kappa shape index (κ3) is 4.83. The molecule has 0 aliphatic carbocycles. The quantitative estimate of drug-likeness (QED) is 0.700. The van der Waals surface area contributed by atoms with Crippen LogP contribution in [0.25, 0.3) is 0 Å². The third-order valence-electron chi connectivity index (χ3n) is 4.80. The standard InChI is InChI=1S/C22H32O3Si/c1-18(23)17-19(24)15-16-25-26(22(2,3)4,20-11-7-5-8-12-20)21-13-9-6-10-14-21/h5-14,18-19,23-24H,15-17H2,1-4H3/t18-,19+/m1/s1. The van der Waals surface area contributed by atoms with Gasteiger partial charge >= 0.3 is 0 Å². The number of benzene rings is 2. The topological polar surface area (TPSA) is 49.7 Å². The Balaban J connectivity index is 2.38. The molecule has 0 saturated heterocycles. The van der Waals surface area contributed by atoms with Crippen molar-refractivity contribution in [3.8, 4) is 0 Å². The Morgan fingerprint density at radius 1 is 0.885 bits per heavy atom. The molecule has 0 unspecified atom stereocenters. The molecule has 2 atom stereocenters. The van der Waals surface area contributed by atoms with Crippen molar-refractivity contribution >= 4 is 18.7 Å². The molecule has 0 spiro atoms. The van der Waals surface area contributed by atoms with Crippen LogP contribution >= 0.6 is 0 Å². The van der Waals surface area contributed by atoms with E-state index in [0.29, 0.717) is 19.4 Å². The van der Waals surface area contributed by atoms with Crippen LogP contribution in [0.15, 0.2) is 60.7 Å². The van der Waals surface area contributed by atoms with Crippen molar-refractivity contribution in [1.29, 1.82) is 0 Å². The first-order chi connectivity index (χ1) is 12.3. The van der Waals surface area contributed by atoms with Gasteiger partial charge in [0.05, 0.1) is 12.2 Å². The molecule has 4 heteroatoms. The minimum absolute atomic E-state index is 0.0646. The second kappa shape index (κ2) is 8.96. The lowest BCUT2D eigenvalue weighted by molar-refractivity contribution is 0.0738. The van der Waals surface area contributed by atoms with Gasteiger partial charge in [-0.25, -0.2) is 0 Å². The summed E-state index contributed by atoms with van der Waals surface area (Å²) < 4.78 is 6.72. The van der Waals surface area contributed by atoms with Crippen LogP contribution in [0.1, 0.15) is 40.5 Å². The molecule has 0 heterocycles. The van der Waals surface area contributed by atoms with E-state index in [4.69, 9.17) is 4.43 Å². The minimum atomic E-state index is -2.53. The molecular formula is C22H32O3Si. The highest BCUT2D eigenvalue weighted by Gasteiger charge is 2.50. The summed E-state index contributed by atoms with van der Waals surface area (Å²) in [4.78, 5) is 0. The van der Waals surface area contributed by atoms with E-state index in [1.54, 1.807) is 6.92 Å². The van der Waals surface area contributed by atoms with Crippen LogP contribution in [-0.4, -0.2) is 37.3 Å². The lowest BCUT2D eigenvalue weighted by atomic mass is 10.1. The van der Waals surface area contributed by atoms with Crippen molar-refractivity contribution in [3.05, 3.63) is 60.7 Å². The van der Waals surface area contributed by atoms with E-state index in [2.05, 4.69) is 69.3 Å². The largest absolute Gasteiger partial charge is 0.407 e. The zero-order valence-electron chi connectivity index (χ0n) is 16.4. The van der Waals surface area contributed by atoms with E-state index in [9.17, 15) is 10.2 Å². The molecule has 2 aromatic rings. The van der Waals surface area contributed by atoms with Crippen LogP contribution < -0.4 is 10.4 Å². The van der Waals surface area contributed by atoms with Crippen LogP contribution in [0.3, 0.4) is 0 Å². The Morgan fingerprint density at radius 2 is 1.35 bits per heavy atom. The fourth-order valence-corrected chi connectivity index (χ4v) is 8.20. The van der Waals surface area contributed by atoms with E-state index in [-0.39, 0.29) is 5.04 Å². The van der Waals surface area contributed by atoms with Crippen molar-refractivity contribution in [3.63, 3.8) is 0 Å². The monoisotopic (exact) mass is 372 g/mol. The molecule has 0 amide bonds. The van der Waals surface area contributed by atoms with Gasteiger partial charge in [-0.1, -0.05) is 81.4 Å². The SMILES string of the molecule is C[C@@H](O)C[C@@H](O)CCO[Si](c1ccccc1)(c1ccccc1)C(C)(C)C. The Bertz CT molecular complexity index is 611. The highest BCUT2D eigenvalue weighted by atomic mass is 28.4. The summed E-state index contributed by atoms with van der Waals surface area (Å²) in [6.07, 6.45) is -0.148. The summed E-state index contributed by atoms with van der Waals surface area (Å²) in [5.74, 6) is 0. The van der Waals surface area contributed by atoms with E-state index >= 15 is 0 Å². The molecule has 2 aromatic carbocycles. The van der Waals surface area contributed by atoms with E-state index < -0.39 is 20.5 Å². The van der Waals surface area contributed by atoms with Gasteiger partial charge in [-0.3, -0.25) is 0 Å². The predicted molar refractivity (Wildman–Crippen MR) is 110 cm³/mol. The maximum Gasteiger partial charge on any atom is 0.261 e. The lowest BCUT2D eigenvalue weighted by Crippen LogP contribution is -2.66. The Kier molecular flexibility index (Phi) is 7.18. The molecule has 3 nitrogen and oxygen atoms in total. The summed E-state index contributed by atoms with van der Waals surface area (Å²) in [7, 11) is -2.53. The van der Waals surface area contributed by atoms with E-state index in [1.165, 1.54) is 10.4 Å². The first-order valence-electron chi connectivity index (χ1n) is 9.38. The Morgan fingerprint density at radius 3 is 1.73 bits per heavy atom. The molecular weight excluding hydrogens is 340 g/mol. The predicted octanol–water partition coefficient (Wildman–Crippen LogP) is 3.08. The normalized spacial score (nSPS) is 14.8. The van der Waals surface area contributed by atoms with Gasteiger partial charge in [0.25, 0.3) is 8.32 Å². The lowest BCUT2D eigenvalue weighted by Gasteiger charge is -2.43. The van der Waals surface area contributed by atoms with Gasteiger partial charge in [0, 0.05) is 6.61 Å². The summed E-state index contributed by atoms with van der Waals surface area (Å²) in [5, 5.41) is 22.0. The number of aliphatic hydroxyl groups excluding tert-OH is 2. The average Bonchev–Trinajstić information content (AvgIpc) is 2.58. The van der Waals surface area contributed by atoms with Crippen molar-refractivity contribution in [2.75, 3.05) is 6.61 Å². The Hall–Kier alpha value is -1.46. The number of aliphatic hydroxyl groups is 2. The molecule has 0 bridgehead atoms. The van der Waals surface area contributed by atoms with Crippen molar-refractivity contribution in [1.82, 2.24) is 0 Å². The maximum atomic E-state index is 10.1. The van der Waals surface area contributed by atoms with Crippen LogP contribution in [0.2, 0.25) is 5.04 Å². The summed E-state index contributed by atoms with van der Waals surface area (Å²) in [5.41, 5.74) is 0. The first kappa shape index (κ1) is 20.8. The van der Waals surface area contributed by atoms with Gasteiger partial charge in [-0.15, -0.1) is 0 Å². The molecule has 2 N–H and O–H groups in total. The van der Waals surface area contributed by atoms with E-state index in [1.807, 2.05) is 12.1 Å². The minimum Gasteiger partial charge on any atom is -0.407 e. The van der Waals surface area contributed by atoms with E-state index in [0.717, 1.165) is 0 Å². The molecule has 0 saturated carbocycles. The van der Waals surface area contributed by atoms with Gasteiger partial charge < -0.3 is 14.6 Å². The van der Waals surface area contributed by atoms with Gasteiger partial charge in [0.1, 0.15) is 0 Å². The van der Waals surface area contributed by atoms with Crippen LogP contribution in [0.5, 0.6) is 0 Å². The number of rotatable bonds is 8. The van der Waals surface area contributed by atoms with Gasteiger partial charge in [0.2, 0.25) is 0 Å². The smallest absolute Gasteiger partial charge is 0.261 e. The highest BCUT2D eigenvalue weighted by molar-refractivity contribution is 6.99. The second-order valence-electron chi connectivity index (χ2n) is 8.04. The fourth-order valence-electron chi connectivity index (χ4n) is 3.62. The molecule has 26 heavy (non-hydrogen) atoms. The maximum absolute atomic E-state index is 10.1. The average molecular weight is 373 g/mol. The third-order valence-corrected chi connectivity index (χ3v) is 9.84. The molecule has 2 rings (SSSR count). The van der Waals surface area contributed by atoms with Crippen molar-refractivity contribution < 1.29 is 14.6 Å². The van der Waals surface area contributed by atoms with Crippen molar-refractivity contribution in [2.24, 2.45) is 0 Å². The molecule has 0 aliphatic heterocycles. The number of hydrogen-bond donors (Lipinski definition) is 2. The summed E-state index contributed by atoms with van der Waals surface area (Å²) >= 11 is 0. The molecule has 0 aromatic heterocycles. The fraction of sp³-hybridized carbons (Fsp3) is 0.455. The van der Waals surface area contributed by atoms with Gasteiger partial charge in [-0.2, -0.15) is 0 Å². The second-order valence-corrected chi connectivity index (χ2v) is 12.3. The van der Waals surface area contributed by atoms with Crippen LogP contribution in [0.4, 0.5) is 0 Å². The zero-order chi connectivity index (χ0) is 19.2. The zero-order valence-corrected chi connectivity index (χ0v) is 17.4. The molecule has 0 fully saturated rings. The Labute approximate surface area is 158 Å². The number of hydrogen-bond acceptors (Lipinski definition) is 3. The summed E-state index contributed by atoms with van der Waals surface area (Å²) in [6, 6.07) is 21.0.